The van der Waals surface area contributed by atoms with Gasteiger partial charge in [-0.1, -0.05) is 29.8 Å². The highest BCUT2D eigenvalue weighted by Gasteiger charge is 2.17. The summed E-state index contributed by atoms with van der Waals surface area (Å²) in [4.78, 5) is 20.4. The summed E-state index contributed by atoms with van der Waals surface area (Å²) in [6.07, 6.45) is 5.14. The molecule has 1 aromatic heterocycles. The van der Waals surface area contributed by atoms with Crippen molar-refractivity contribution in [2.24, 2.45) is 0 Å². The summed E-state index contributed by atoms with van der Waals surface area (Å²) in [5, 5.41) is 6.65. The molecule has 2 N–H and O–H groups in total. The van der Waals surface area contributed by atoms with Crippen LogP contribution < -0.4 is 10.6 Å². The van der Waals surface area contributed by atoms with Crippen molar-refractivity contribution < 1.29 is 9.53 Å². The quantitative estimate of drug-likeness (QED) is 0.841. The lowest BCUT2D eigenvalue weighted by Gasteiger charge is -2.10. The molecule has 24 heavy (non-hydrogen) atoms. The molecular formula is C17H19ClN4O2. The number of hydrogen-bond donors (Lipinski definition) is 2. The van der Waals surface area contributed by atoms with Crippen molar-refractivity contribution >= 4 is 23.3 Å². The summed E-state index contributed by atoms with van der Waals surface area (Å²) in [6.45, 7) is 1.82. The topological polar surface area (TPSA) is 76.1 Å². The fourth-order valence-electron chi connectivity index (χ4n) is 2.47. The molecule has 126 valence electrons. The molecule has 6 nitrogen and oxygen atoms in total. The van der Waals surface area contributed by atoms with E-state index in [1.54, 1.807) is 0 Å². The van der Waals surface area contributed by atoms with Gasteiger partial charge in [0, 0.05) is 24.7 Å². The number of benzene rings is 1. The van der Waals surface area contributed by atoms with Crippen LogP contribution in [0.3, 0.4) is 0 Å². The summed E-state index contributed by atoms with van der Waals surface area (Å²) in [5.74, 6) is 0.348. The average molecular weight is 347 g/mol. The Bertz CT molecular complexity index is 687. The fraction of sp³-hybridized carbons (Fsp3) is 0.353. The van der Waals surface area contributed by atoms with Crippen molar-refractivity contribution in [2.45, 2.75) is 25.5 Å². The van der Waals surface area contributed by atoms with Crippen LogP contribution in [0.15, 0.2) is 36.7 Å². The molecule has 1 aliphatic rings. The maximum Gasteiger partial charge on any atom is 0.271 e. The van der Waals surface area contributed by atoms with E-state index >= 15 is 0 Å². The number of hydrogen-bond acceptors (Lipinski definition) is 5. The second kappa shape index (κ2) is 8.08. The van der Waals surface area contributed by atoms with E-state index in [9.17, 15) is 4.79 Å². The van der Waals surface area contributed by atoms with Crippen LogP contribution in [0.25, 0.3) is 0 Å². The molecule has 1 unspecified atom stereocenters. The standard InChI is InChI=1S/C17H19ClN4O2/c18-14-6-2-1-4-12(14)8-20-16-11-19-15(10-21-16)17(23)22-9-13-5-3-7-24-13/h1-2,4,6,10-11,13H,3,5,7-9H2,(H,20,21)(H,22,23). The monoisotopic (exact) mass is 346 g/mol. The Morgan fingerprint density at radius 1 is 1.29 bits per heavy atom. The van der Waals surface area contributed by atoms with Crippen molar-refractivity contribution in [3.8, 4) is 0 Å². The van der Waals surface area contributed by atoms with E-state index in [0.717, 1.165) is 25.0 Å². The van der Waals surface area contributed by atoms with Crippen molar-refractivity contribution in [1.29, 1.82) is 0 Å². The summed E-state index contributed by atoms with van der Waals surface area (Å²) >= 11 is 6.11. The third-order valence-corrected chi connectivity index (χ3v) is 4.19. The summed E-state index contributed by atoms with van der Waals surface area (Å²) in [7, 11) is 0. The lowest BCUT2D eigenvalue weighted by Crippen LogP contribution is -2.32. The largest absolute Gasteiger partial charge is 0.376 e. The summed E-state index contributed by atoms with van der Waals surface area (Å²) < 4.78 is 5.47. The Labute approximate surface area is 145 Å². The molecule has 1 amide bonds. The highest BCUT2D eigenvalue weighted by Crippen LogP contribution is 2.16. The average Bonchev–Trinajstić information content (AvgIpc) is 3.13. The van der Waals surface area contributed by atoms with E-state index in [1.807, 2.05) is 24.3 Å². The van der Waals surface area contributed by atoms with Crippen molar-refractivity contribution in [3.05, 3.63) is 52.9 Å². The first-order chi connectivity index (χ1) is 11.7. The summed E-state index contributed by atoms with van der Waals surface area (Å²) in [6, 6.07) is 7.59. The first-order valence-corrected chi connectivity index (χ1v) is 8.29. The van der Waals surface area contributed by atoms with E-state index in [4.69, 9.17) is 16.3 Å². The minimum absolute atomic E-state index is 0.110. The van der Waals surface area contributed by atoms with Gasteiger partial charge < -0.3 is 15.4 Å². The Morgan fingerprint density at radius 2 is 2.17 bits per heavy atom. The van der Waals surface area contributed by atoms with Gasteiger partial charge in [-0.05, 0) is 24.5 Å². The van der Waals surface area contributed by atoms with Crippen LogP contribution in [-0.2, 0) is 11.3 Å². The van der Waals surface area contributed by atoms with Crippen LogP contribution in [0.2, 0.25) is 5.02 Å². The molecule has 0 saturated carbocycles. The van der Waals surface area contributed by atoms with Gasteiger partial charge in [-0.2, -0.15) is 0 Å². The van der Waals surface area contributed by atoms with E-state index in [1.165, 1.54) is 12.4 Å². The number of carbonyl (C=O) groups excluding carboxylic acids is 1. The number of amides is 1. The minimum atomic E-state index is -0.240. The lowest BCUT2D eigenvalue weighted by molar-refractivity contribution is 0.0853. The Balaban J connectivity index is 1.51. The number of halogens is 1. The molecule has 1 fully saturated rings. The smallest absolute Gasteiger partial charge is 0.271 e. The molecule has 1 aromatic carbocycles. The zero-order valence-electron chi connectivity index (χ0n) is 13.2. The van der Waals surface area contributed by atoms with E-state index in [0.29, 0.717) is 23.9 Å². The molecule has 0 bridgehead atoms. The van der Waals surface area contributed by atoms with Crippen LogP contribution >= 0.6 is 11.6 Å². The SMILES string of the molecule is O=C(NCC1CCCO1)c1cnc(NCc2ccccc2Cl)cn1. The number of nitrogens with zero attached hydrogens (tertiary/aromatic N) is 2. The van der Waals surface area contributed by atoms with Gasteiger partial charge in [0.05, 0.1) is 18.5 Å². The number of ether oxygens (including phenoxy) is 1. The van der Waals surface area contributed by atoms with Gasteiger partial charge in [-0.15, -0.1) is 0 Å². The zero-order valence-corrected chi connectivity index (χ0v) is 13.9. The Hall–Kier alpha value is -2.18. The molecule has 1 saturated heterocycles. The molecule has 2 aromatic rings. The van der Waals surface area contributed by atoms with Crippen LogP contribution in [0, 0.1) is 0 Å². The third-order valence-electron chi connectivity index (χ3n) is 3.82. The number of aromatic nitrogens is 2. The fourth-order valence-corrected chi connectivity index (χ4v) is 2.67. The zero-order chi connectivity index (χ0) is 16.8. The molecule has 1 atom stereocenters. The van der Waals surface area contributed by atoms with Gasteiger partial charge in [0.25, 0.3) is 5.91 Å². The molecule has 1 aliphatic heterocycles. The van der Waals surface area contributed by atoms with Crippen LogP contribution in [0.4, 0.5) is 5.82 Å². The molecule has 0 spiro atoms. The second-order valence-corrected chi connectivity index (χ2v) is 5.98. The van der Waals surface area contributed by atoms with Crippen molar-refractivity contribution in [1.82, 2.24) is 15.3 Å². The van der Waals surface area contributed by atoms with Gasteiger partial charge >= 0.3 is 0 Å². The highest BCUT2D eigenvalue weighted by atomic mass is 35.5. The summed E-state index contributed by atoms with van der Waals surface area (Å²) in [5.41, 5.74) is 1.26. The van der Waals surface area contributed by atoms with E-state index in [-0.39, 0.29) is 17.7 Å². The Morgan fingerprint density at radius 3 is 2.88 bits per heavy atom. The number of rotatable bonds is 6. The second-order valence-electron chi connectivity index (χ2n) is 5.58. The van der Waals surface area contributed by atoms with Crippen molar-refractivity contribution in [3.63, 3.8) is 0 Å². The van der Waals surface area contributed by atoms with Gasteiger partial charge in [0.2, 0.25) is 0 Å². The predicted octanol–water partition coefficient (Wildman–Crippen LogP) is 2.65. The molecule has 7 heteroatoms. The number of anilines is 1. The lowest BCUT2D eigenvalue weighted by atomic mass is 10.2. The molecular weight excluding hydrogens is 328 g/mol. The minimum Gasteiger partial charge on any atom is -0.376 e. The van der Waals surface area contributed by atoms with Gasteiger partial charge in [0.1, 0.15) is 11.5 Å². The van der Waals surface area contributed by atoms with Gasteiger partial charge in [-0.25, -0.2) is 9.97 Å². The van der Waals surface area contributed by atoms with Gasteiger partial charge in [-0.3, -0.25) is 4.79 Å². The first-order valence-electron chi connectivity index (χ1n) is 7.91. The number of nitrogens with one attached hydrogen (secondary N) is 2. The van der Waals surface area contributed by atoms with Gasteiger partial charge in [0.15, 0.2) is 0 Å². The number of carbonyl (C=O) groups is 1. The maximum atomic E-state index is 12.0. The molecule has 2 heterocycles. The first kappa shape index (κ1) is 16.7. The van der Waals surface area contributed by atoms with Crippen molar-refractivity contribution in [2.75, 3.05) is 18.5 Å². The Kier molecular flexibility index (Phi) is 5.61. The van der Waals surface area contributed by atoms with E-state index < -0.39 is 0 Å². The highest BCUT2D eigenvalue weighted by molar-refractivity contribution is 6.31. The molecule has 0 aliphatic carbocycles. The van der Waals surface area contributed by atoms with Crippen LogP contribution in [0.1, 0.15) is 28.9 Å². The maximum absolute atomic E-state index is 12.0. The molecule has 0 radical (unpaired) electrons. The van der Waals surface area contributed by atoms with Crippen LogP contribution in [0.5, 0.6) is 0 Å². The van der Waals surface area contributed by atoms with Crippen LogP contribution in [-0.4, -0.2) is 35.1 Å². The third kappa shape index (κ3) is 4.43. The van der Waals surface area contributed by atoms with E-state index in [2.05, 4.69) is 20.6 Å². The normalized spacial score (nSPS) is 16.8. The predicted molar refractivity (Wildman–Crippen MR) is 92.1 cm³/mol. The molecule has 3 rings (SSSR count).